The number of hydrogen-bond donors (Lipinski definition) is 1. The minimum Gasteiger partial charge on any atom is -0.334 e. The van der Waals surface area contributed by atoms with Gasteiger partial charge >= 0.3 is 6.03 Å². The van der Waals surface area contributed by atoms with Crippen LogP contribution in [0.15, 0.2) is 24.3 Å². The molecule has 1 aromatic carbocycles. The van der Waals surface area contributed by atoms with Gasteiger partial charge in [-0.25, -0.2) is 4.79 Å². The van der Waals surface area contributed by atoms with Crippen molar-refractivity contribution in [2.24, 2.45) is 5.92 Å². The van der Waals surface area contributed by atoms with Crippen LogP contribution >= 0.6 is 0 Å². The summed E-state index contributed by atoms with van der Waals surface area (Å²) in [4.78, 5) is 41.5. The summed E-state index contributed by atoms with van der Waals surface area (Å²) in [5.74, 6) is -0.200. The molecule has 1 saturated carbocycles. The number of imide groups is 1. The van der Waals surface area contributed by atoms with Crippen molar-refractivity contribution in [2.45, 2.75) is 64.0 Å². The molecule has 1 aliphatic carbocycles. The Hall–Kier alpha value is -2.37. The van der Waals surface area contributed by atoms with Gasteiger partial charge < -0.3 is 10.2 Å². The van der Waals surface area contributed by atoms with Crippen LogP contribution in [0.25, 0.3) is 0 Å². The van der Waals surface area contributed by atoms with Crippen molar-refractivity contribution >= 4 is 17.8 Å². The third-order valence-corrected chi connectivity index (χ3v) is 6.49. The first-order chi connectivity index (χ1) is 13.4. The average molecular weight is 383 g/mol. The molecule has 2 aliphatic heterocycles. The number of hydrogen-bond acceptors (Lipinski definition) is 3. The second-order valence-corrected chi connectivity index (χ2v) is 8.66. The summed E-state index contributed by atoms with van der Waals surface area (Å²) >= 11 is 0. The maximum atomic E-state index is 13.2. The molecule has 0 bridgehead atoms. The van der Waals surface area contributed by atoms with Gasteiger partial charge in [0.25, 0.3) is 5.91 Å². The molecule has 0 radical (unpaired) electrons. The van der Waals surface area contributed by atoms with Gasteiger partial charge in [0.15, 0.2) is 0 Å². The fourth-order valence-electron chi connectivity index (χ4n) is 4.65. The molecular formula is C22H29N3O3. The molecule has 3 fully saturated rings. The van der Waals surface area contributed by atoms with E-state index < -0.39 is 11.6 Å². The first-order valence-electron chi connectivity index (χ1n) is 10.4. The number of nitrogens with zero attached hydrogens (tertiary/aromatic N) is 2. The first-order valence-corrected chi connectivity index (χ1v) is 10.4. The zero-order chi connectivity index (χ0) is 19.9. The van der Waals surface area contributed by atoms with Crippen molar-refractivity contribution in [2.75, 3.05) is 13.1 Å². The van der Waals surface area contributed by atoms with Crippen LogP contribution in [-0.2, 0) is 9.59 Å². The van der Waals surface area contributed by atoms with Gasteiger partial charge in [0.05, 0.1) is 6.04 Å². The highest BCUT2D eigenvalue weighted by atomic mass is 16.2. The van der Waals surface area contributed by atoms with Crippen LogP contribution in [-0.4, -0.2) is 46.3 Å². The van der Waals surface area contributed by atoms with E-state index in [-0.39, 0.29) is 30.3 Å². The van der Waals surface area contributed by atoms with Gasteiger partial charge in [-0.3, -0.25) is 14.5 Å². The number of carbonyl (C=O) groups is 3. The van der Waals surface area contributed by atoms with Gasteiger partial charge in [-0.15, -0.1) is 0 Å². The molecule has 0 unspecified atom stereocenters. The van der Waals surface area contributed by atoms with Crippen LogP contribution in [0.4, 0.5) is 4.79 Å². The molecule has 4 amide bonds. The van der Waals surface area contributed by atoms with Crippen LogP contribution < -0.4 is 5.32 Å². The Morgan fingerprint density at radius 3 is 2.68 bits per heavy atom. The zero-order valence-corrected chi connectivity index (χ0v) is 16.7. The Morgan fingerprint density at radius 1 is 1.18 bits per heavy atom. The summed E-state index contributed by atoms with van der Waals surface area (Å²) in [6.45, 7) is 4.34. The van der Waals surface area contributed by atoms with Crippen LogP contribution in [0, 0.1) is 12.8 Å². The van der Waals surface area contributed by atoms with E-state index in [1.54, 1.807) is 6.92 Å². The summed E-state index contributed by atoms with van der Waals surface area (Å²) in [7, 11) is 0. The number of amides is 4. The number of rotatable bonds is 4. The highest BCUT2D eigenvalue weighted by Crippen LogP contribution is 2.42. The van der Waals surface area contributed by atoms with Crippen LogP contribution in [0.5, 0.6) is 0 Å². The number of nitrogens with one attached hydrogen (secondary N) is 1. The van der Waals surface area contributed by atoms with Crippen molar-refractivity contribution in [3.8, 4) is 0 Å². The zero-order valence-electron chi connectivity index (χ0n) is 16.7. The van der Waals surface area contributed by atoms with Crippen LogP contribution in [0.3, 0.4) is 0 Å². The van der Waals surface area contributed by atoms with Gasteiger partial charge in [-0.1, -0.05) is 42.7 Å². The number of likely N-dealkylation sites (tertiary alicyclic amines) is 1. The lowest BCUT2D eigenvalue weighted by Gasteiger charge is -2.32. The Morgan fingerprint density at radius 2 is 1.96 bits per heavy atom. The Bertz CT molecular complexity index is 804. The SMILES string of the molecule is Cc1cccc([C@H]2CCCCCN2C(=O)CN2C(=O)N[C@](C)(C3CC3)C2=O)c1. The van der Waals surface area contributed by atoms with Crippen LogP contribution in [0.2, 0.25) is 0 Å². The lowest BCUT2D eigenvalue weighted by molar-refractivity contribution is -0.140. The summed E-state index contributed by atoms with van der Waals surface area (Å²) in [5, 5.41) is 2.83. The minimum atomic E-state index is -0.841. The molecule has 1 N–H and O–H groups in total. The van der Waals surface area contributed by atoms with Crippen molar-refractivity contribution < 1.29 is 14.4 Å². The highest BCUT2D eigenvalue weighted by molar-refractivity contribution is 6.09. The van der Waals surface area contributed by atoms with Gasteiger partial charge in [-0.2, -0.15) is 0 Å². The molecular weight excluding hydrogens is 354 g/mol. The third kappa shape index (κ3) is 3.40. The third-order valence-electron chi connectivity index (χ3n) is 6.49. The predicted molar refractivity (Wildman–Crippen MR) is 105 cm³/mol. The topological polar surface area (TPSA) is 69.7 Å². The molecule has 2 saturated heterocycles. The fourth-order valence-corrected chi connectivity index (χ4v) is 4.65. The molecule has 6 heteroatoms. The largest absolute Gasteiger partial charge is 0.334 e. The van der Waals surface area contributed by atoms with Gasteiger partial charge in [-0.05, 0) is 51.0 Å². The predicted octanol–water partition coefficient (Wildman–Crippen LogP) is 3.16. The van der Waals surface area contributed by atoms with E-state index >= 15 is 0 Å². The lowest BCUT2D eigenvalue weighted by Crippen LogP contribution is -2.47. The van der Waals surface area contributed by atoms with Crippen LogP contribution in [0.1, 0.15) is 62.6 Å². The molecule has 2 heterocycles. The fraction of sp³-hybridized carbons (Fsp3) is 0.591. The van der Waals surface area contributed by atoms with Crippen molar-refractivity contribution in [3.63, 3.8) is 0 Å². The van der Waals surface area contributed by atoms with Gasteiger partial charge in [0.1, 0.15) is 12.1 Å². The molecule has 3 aliphatic rings. The molecule has 2 atom stereocenters. The molecule has 28 heavy (non-hydrogen) atoms. The lowest BCUT2D eigenvalue weighted by atomic mass is 9.96. The van der Waals surface area contributed by atoms with E-state index in [2.05, 4.69) is 30.4 Å². The molecule has 0 aromatic heterocycles. The highest BCUT2D eigenvalue weighted by Gasteiger charge is 2.56. The maximum absolute atomic E-state index is 13.2. The number of urea groups is 1. The van der Waals surface area contributed by atoms with E-state index in [1.165, 1.54) is 5.56 Å². The van der Waals surface area contributed by atoms with Crippen molar-refractivity contribution in [1.29, 1.82) is 0 Å². The van der Waals surface area contributed by atoms with E-state index in [0.717, 1.165) is 49.0 Å². The molecule has 150 valence electrons. The van der Waals surface area contributed by atoms with E-state index in [0.29, 0.717) is 6.54 Å². The number of carbonyl (C=O) groups excluding carboxylic acids is 3. The maximum Gasteiger partial charge on any atom is 0.325 e. The normalized spacial score (nSPS) is 28.3. The molecule has 0 spiro atoms. The van der Waals surface area contributed by atoms with Gasteiger partial charge in [0.2, 0.25) is 5.91 Å². The second-order valence-electron chi connectivity index (χ2n) is 8.66. The standard InChI is InChI=1S/C22H29N3O3/c1-15-7-6-8-16(13-15)18-9-4-3-5-12-24(18)19(26)14-25-20(27)22(2,17-10-11-17)23-21(25)28/h6-8,13,17-18H,3-5,9-12,14H2,1-2H3,(H,23,28)/t18-,22-/m1/s1. The van der Waals surface area contributed by atoms with Crippen molar-refractivity contribution in [1.82, 2.24) is 15.1 Å². The second kappa shape index (κ2) is 7.22. The quantitative estimate of drug-likeness (QED) is 0.812. The molecule has 6 nitrogen and oxygen atoms in total. The summed E-state index contributed by atoms with van der Waals surface area (Å²) in [5.41, 5.74) is 1.46. The summed E-state index contributed by atoms with van der Waals surface area (Å²) in [6, 6.07) is 7.85. The summed E-state index contributed by atoms with van der Waals surface area (Å²) < 4.78 is 0. The van der Waals surface area contributed by atoms with Crippen molar-refractivity contribution in [3.05, 3.63) is 35.4 Å². The average Bonchev–Trinajstić information content (AvgIpc) is 3.49. The van der Waals surface area contributed by atoms with E-state index in [9.17, 15) is 14.4 Å². The first kappa shape index (κ1) is 19.0. The Labute approximate surface area is 166 Å². The minimum absolute atomic E-state index is 0.00508. The Balaban J connectivity index is 1.53. The Kier molecular flexibility index (Phi) is 4.89. The van der Waals surface area contributed by atoms with E-state index in [1.807, 2.05) is 11.0 Å². The molecule has 1 aromatic rings. The smallest absolute Gasteiger partial charge is 0.325 e. The van der Waals surface area contributed by atoms with E-state index in [4.69, 9.17) is 0 Å². The molecule has 4 rings (SSSR count). The summed E-state index contributed by atoms with van der Waals surface area (Å²) in [6.07, 6.45) is 5.93. The number of benzene rings is 1. The van der Waals surface area contributed by atoms with Gasteiger partial charge in [0, 0.05) is 6.54 Å². The monoisotopic (exact) mass is 383 g/mol. The number of aryl methyl sites for hydroxylation is 1.